The van der Waals surface area contributed by atoms with Crippen molar-refractivity contribution in [2.75, 3.05) is 13.1 Å². The van der Waals surface area contributed by atoms with E-state index in [0.29, 0.717) is 23.5 Å². The van der Waals surface area contributed by atoms with Crippen molar-refractivity contribution in [1.29, 1.82) is 0 Å². The first-order valence-corrected chi connectivity index (χ1v) is 8.39. The second kappa shape index (κ2) is 9.52. The molecule has 1 aliphatic rings. The van der Waals surface area contributed by atoms with E-state index in [2.05, 4.69) is 26.1 Å². The smallest absolute Gasteiger partial charge is 0.133 e. The quantitative estimate of drug-likeness (QED) is 0.679. The number of carbonyl (C=O) groups excluding carboxylic acids is 1. The van der Waals surface area contributed by atoms with E-state index in [1.807, 2.05) is 0 Å². The number of rotatable bonds is 9. The van der Waals surface area contributed by atoms with Gasteiger partial charge in [-0.15, -0.1) is 0 Å². The predicted molar refractivity (Wildman–Crippen MR) is 82.3 cm³/mol. The maximum Gasteiger partial charge on any atom is 0.133 e. The molecule has 0 aromatic rings. The summed E-state index contributed by atoms with van der Waals surface area (Å²) in [6.07, 6.45) is 9.10. The van der Waals surface area contributed by atoms with Crippen LogP contribution in [0.15, 0.2) is 0 Å². The van der Waals surface area contributed by atoms with Gasteiger partial charge in [0.05, 0.1) is 0 Å². The van der Waals surface area contributed by atoms with Crippen LogP contribution in [-0.2, 0) is 4.79 Å². The fraction of sp³-hybridized carbons (Fsp3) is 0.941. The van der Waals surface area contributed by atoms with Gasteiger partial charge >= 0.3 is 0 Å². The summed E-state index contributed by atoms with van der Waals surface area (Å²) in [6, 6.07) is 0. The summed E-state index contributed by atoms with van der Waals surface area (Å²) in [4.78, 5) is 12.2. The first-order valence-electron chi connectivity index (χ1n) is 8.39. The fourth-order valence-corrected chi connectivity index (χ4v) is 3.24. The lowest BCUT2D eigenvalue weighted by Gasteiger charge is -2.28. The Bertz CT molecular complexity index is 246. The fourth-order valence-electron chi connectivity index (χ4n) is 3.24. The van der Waals surface area contributed by atoms with Gasteiger partial charge in [-0.3, -0.25) is 4.79 Å². The van der Waals surface area contributed by atoms with Gasteiger partial charge in [-0.1, -0.05) is 46.5 Å². The van der Waals surface area contributed by atoms with E-state index in [-0.39, 0.29) is 0 Å². The van der Waals surface area contributed by atoms with Crippen molar-refractivity contribution < 1.29 is 4.79 Å². The molecule has 0 aromatic carbocycles. The number of hydrogen-bond acceptors (Lipinski definition) is 2. The monoisotopic (exact) mass is 267 g/mol. The van der Waals surface area contributed by atoms with Crippen LogP contribution in [0.4, 0.5) is 0 Å². The molecule has 0 aliphatic carbocycles. The largest absolute Gasteiger partial charge is 0.316 e. The SMILES string of the molecule is CCCCC(CC)CC(=O)CC(C)C1CCCNC1. The molecule has 0 spiro atoms. The molecule has 2 nitrogen and oxygen atoms in total. The second-order valence-corrected chi connectivity index (χ2v) is 6.45. The van der Waals surface area contributed by atoms with Gasteiger partial charge in [0.15, 0.2) is 0 Å². The van der Waals surface area contributed by atoms with Gasteiger partial charge in [-0.25, -0.2) is 0 Å². The Kier molecular flexibility index (Phi) is 8.36. The molecule has 0 amide bonds. The lowest BCUT2D eigenvalue weighted by Crippen LogP contribution is -2.34. The Morgan fingerprint density at radius 2 is 2.11 bits per heavy atom. The van der Waals surface area contributed by atoms with Gasteiger partial charge in [0, 0.05) is 12.8 Å². The van der Waals surface area contributed by atoms with Crippen molar-refractivity contribution in [3.8, 4) is 0 Å². The molecular formula is C17H33NO. The molecule has 1 N–H and O–H groups in total. The van der Waals surface area contributed by atoms with Gasteiger partial charge in [-0.05, 0) is 43.7 Å². The maximum atomic E-state index is 12.2. The highest BCUT2D eigenvalue weighted by Crippen LogP contribution is 2.25. The standard InChI is InChI=1S/C17H33NO/c1-4-6-8-15(5-2)12-17(19)11-14(3)16-9-7-10-18-13-16/h14-16,18H,4-13H2,1-3H3. The lowest BCUT2D eigenvalue weighted by atomic mass is 9.82. The van der Waals surface area contributed by atoms with Gasteiger partial charge < -0.3 is 5.32 Å². The number of piperidine rings is 1. The summed E-state index contributed by atoms with van der Waals surface area (Å²) >= 11 is 0. The van der Waals surface area contributed by atoms with Crippen molar-refractivity contribution in [3.05, 3.63) is 0 Å². The molecular weight excluding hydrogens is 234 g/mol. The van der Waals surface area contributed by atoms with Gasteiger partial charge in [0.1, 0.15) is 5.78 Å². The zero-order valence-electron chi connectivity index (χ0n) is 13.2. The Labute approximate surface area is 119 Å². The molecule has 1 rings (SSSR count). The van der Waals surface area contributed by atoms with Crippen molar-refractivity contribution in [1.82, 2.24) is 5.32 Å². The number of unbranched alkanes of at least 4 members (excludes halogenated alkanes) is 1. The number of hydrogen-bond donors (Lipinski definition) is 1. The number of carbonyl (C=O) groups is 1. The third-order valence-electron chi connectivity index (χ3n) is 4.75. The molecule has 0 bridgehead atoms. The van der Waals surface area contributed by atoms with Crippen LogP contribution in [0.25, 0.3) is 0 Å². The Balaban J connectivity index is 2.27. The highest BCUT2D eigenvalue weighted by molar-refractivity contribution is 5.78. The van der Waals surface area contributed by atoms with Crippen molar-refractivity contribution >= 4 is 5.78 Å². The van der Waals surface area contributed by atoms with E-state index in [0.717, 1.165) is 32.4 Å². The molecule has 0 saturated carbocycles. The summed E-state index contributed by atoms with van der Waals surface area (Å²) in [6.45, 7) is 8.99. The van der Waals surface area contributed by atoms with Crippen LogP contribution in [-0.4, -0.2) is 18.9 Å². The zero-order valence-corrected chi connectivity index (χ0v) is 13.2. The topological polar surface area (TPSA) is 29.1 Å². The lowest BCUT2D eigenvalue weighted by molar-refractivity contribution is -0.121. The molecule has 1 saturated heterocycles. The first kappa shape index (κ1) is 16.7. The molecule has 1 fully saturated rings. The Morgan fingerprint density at radius 1 is 1.32 bits per heavy atom. The number of Topliss-reactive ketones (excluding diaryl/α,β-unsaturated/α-hetero) is 1. The maximum absolute atomic E-state index is 12.2. The molecule has 3 atom stereocenters. The van der Waals surface area contributed by atoms with E-state index in [1.54, 1.807) is 0 Å². The minimum Gasteiger partial charge on any atom is -0.316 e. The second-order valence-electron chi connectivity index (χ2n) is 6.45. The number of nitrogens with one attached hydrogen (secondary N) is 1. The van der Waals surface area contributed by atoms with Gasteiger partial charge in [0.2, 0.25) is 0 Å². The Hall–Kier alpha value is -0.370. The molecule has 2 heteroatoms. The average molecular weight is 267 g/mol. The van der Waals surface area contributed by atoms with Crippen LogP contribution < -0.4 is 5.32 Å². The van der Waals surface area contributed by atoms with Gasteiger partial charge in [0.25, 0.3) is 0 Å². The third kappa shape index (κ3) is 6.56. The first-order chi connectivity index (χ1) is 9.17. The van der Waals surface area contributed by atoms with Crippen LogP contribution in [0.3, 0.4) is 0 Å². The van der Waals surface area contributed by atoms with Crippen molar-refractivity contribution in [2.45, 2.75) is 72.1 Å². The normalized spacial score (nSPS) is 23.0. The molecule has 3 unspecified atom stereocenters. The highest BCUT2D eigenvalue weighted by atomic mass is 16.1. The van der Waals surface area contributed by atoms with Crippen LogP contribution in [0.1, 0.15) is 72.1 Å². The van der Waals surface area contributed by atoms with Gasteiger partial charge in [-0.2, -0.15) is 0 Å². The molecule has 112 valence electrons. The predicted octanol–water partition coefficient (Wildman–Crippen LogP) is 4.19. The van der Waals surface area contributed by atoms with E-state index < -0.39 is 0 Å². The molecule has 1 aliphatic heterocycles. The minimum atomic E-state index is 0.501. The summed E-state index contributed by atoms with van der Waals surface area (Å²) in [5, 5.41) is 3.46. The number of ketones is 1. The van der Waals surface area contributed by atoms with Crippen LogP contribution in [0.5, 0.6) is 0 Å². The molecule has 19 heavy (non-hydrogen) atoms. The summed E-state index contributed by atoms with van der Waals surface area (Å²) in [5.41, 5.74) is 0. The molecule has 0 aromatic heterocycles. The van der Waals surface area contributed by atoms with E-state index in [1.165, 1.54) is 32.1 Å². The minimum absolute atomic E-state index is 0.501. The molecule has 0 radical (unpaired) electrons. The zero-order chi connectivity index (χ0) is 14.1. The van der Waals surface area contributed by atoms with E-state index in [4.69, 9.17) is 0 Å². The summed E-state index contributed by atoms with van der Waals surface area (Å²) in [7, 11) is 0. The van der Waals surface area contributed by atoms with E-state index >= 15 is 0 Å². The van der Waals surface area contributed by atoms with E-state index in [9.17, 15) is 4.79 Å². The van der Waals surface area contributed by atoms with Crippen molar-refractivity contribution in [2.24, 2.45) is 17.8 Å². The molecule has 1 heterocycles. The highest BCUT2D eigenvalue weighted by Gasteiger charge is 2.22. The van der Waals surface area contributed by atoms with Crippen LogP contribution in [0.2, 0.25) is 0 Å². The third-order valence-corrected chi connectivity index (χ3v) is 4.75. The Morgan fingerprint density at radius 3 is 2.68 bits per heavy atom. The van der Waals surface area contributed by atoms with Crippen LogP contribution in [0, 0.1) is 17.8 Å². The van der Waals surface area contributed by atoms with Crippen molar-refractivity contribution in [3.63, 3.8) is 0 Å². The van der Waals surface area contributed by atoms with Crippen LogP contribution >= 0.6 is 0 Å². The average Bonchev–Trinajstić information content (AvgIpc) is 2.44. The summed E-state index contributed by atoms with van der Waals surface area (Å²) in [5.74, 6) is 2.41. The summed E-state index contributed by atoms with van der Waals surface area (Å²) < 4.78 is 0.